The number of hydrogen-bond donors (Lipinski definition) is 2. The van der Waals surface area contributed by atoms with Crippen molar-refractivity contribution in [2.24, 2.45) is 17.8 Å². The van der Waals surface area contributed by atoms with Gasteiger partial charge in [-0.15, -0.1) is 0 Å². The van der Waals surface area contributed by atoms with Gasteiger partial charge in [0.15, 0.2) is 12.1 Å². The first-order chi connectivity index (χ1) is 26.9. The van der Waals surface area contributed by atoms with Crippen LogP contribution in [0.4, 0.5) is 0 Å². The normalized spacial score (nSPS) is 38.4. The Labute approximate surface area is 339 Å². The molecule has 2 N–H and O–H groups in total. The van der Waals surface area contributed by atoms with Crippen molar-refractivity contribution in [1.29, 1.82) is 0 Å². The highest BCUT2D eigenvalue weighted by Crippen LogP contribution is 2.39. The number of fused-ring (bicyclic) bond motifs is 16. The van der Waals surface area contributed by atoms with E-state index in [0.29, 0.717) is 31.5 Å². The molecule has 1 aromatic heterocycles. The van der Waals surface area contributed by atoms with Gasteiger partial charge in [-0.2, -0.15) is 0 Å². The molecular formula is C45H67N3O9. The largest absolute Gasteiger partial charge is 0.459 e. The van der Waals surface area contributed by atoms with Crippen molar-refractivity contribution in [3.63, 3.8) is 0 Å². The quantitative estimate of drug-likeness (QED) is 0.210. The number of benzene rings is 1. The number of para-hydroxylation sites is 1. The van der Waals surface area contributed by atoms with E-state index in [1.165, 1.54) is 6.92 Å². The monoisotopic (exact) mass is 793 g/mol. The van der Waals surface area contributed by atoms with Gasteiger partial charge in [0.05, 0.1) is 36.5 Å². The van der Waals surface area contributed by atoms with E-state index in [1.54, 1.807) is 13.8 Å². The molecule has 12 nitrogen and oxygen atoms in total. The second-order valence-corrected chi connectivity index (χ2v) is 17.6. The molecule has 2 aromatic rings. The summed E-state index contributed by atoms with van der Waals surface area (Å²) in [7, 11) is 3.82. The minimum atomic E-state index is -1.66. The number of pyridine rings is 1. The average Bonchev–Trinajstić information content (AvgIpc) is 3.16. The maximum Gasteiger partial charge on any atom is 0.316 e. The van der Waals surface area contributed by atoms with Gasteiger partial charge in [0.2, 0.25) is 0 Å². The van der Waals surface area contributed by atoms with Crippen LogP contribution in [0, 0.1) is 17.8 Å². The number of ether oxygens (including phenoxy) is 5. The van der Waals surface area contributed by atoms with Crippen LogP contribution >= 0.6 is 0 Å². The number of rotatable bonds is 7. The number of aliphatic hydroxyl groups is 2. The van der Waals surface area contributed by atoms with E-state index >= 15 is 0 Å². The SMILES string of the molecule is C=C1CO[C@H]2[C@@H](C)N(C/C=C/c3cnc4ccccc4c3)C[C@H](C)C[C@@](C)(OC1)[C@H](O[C@@H]1O[C@H](C)C[C@H](N(C)C)[C@H]1O)[C@@H](C)C(=O)C(C)C(=O)O[C@H](CC)[C@@]2(C)O. The first-order valence-corrected chi connectivity index (χ1v) is 20.7. The summed E-state index contributed by atoms with van der Waals surface area (Å²) in [6, 6.07) is 9.47. The van der Waals surface area contributed by atoms with Crippen LogP contribution in [0.15, 0.2) is 54.8 Å². The number of aliphatic hydroxyl groups excluding tert-OH is 1. The predicted molar refractivity (Wildman–Crippen MR) is 220 cm³/mol. The fraction of sp³-hybridized carbons (Fsp3) is 0.667. The topological polar surface area (TPSA) is 140 Å². The molecule has 57 heavy (non-hydrogen) atoms. The zero-order chi connectivity index (χ0) is 41.8. The van der Waals surface area contributed by atoms with E-state index in [-0.39, 0.29) is 43.7 Å². The lowest BCUT2D eigenvalue weighted by Crippen LogP contribution is -2.61. The Morgan fingerprint density at radius 3 is 2.53 bits per heavy atom. The van der Waals surface area contributed by atoms with E-state index in [9.17, 15) is 19.8 Å². The van der Waals surface area contributed by atoms with Crippen LogP contribution in [0.25, 0.3) is 17.0 Å². The number of esters is 1. The average molecular weight is 794 g/mol. The van der Waals surface area contributed by atoms with Crippen LogP contribution in [0.3, 0.4) is 0 Å². The minimum Gasteiger partial charge on any atom is -0.459 e. The van der Waals surface area contributed by atoms with Crippen LogP contribution < -0.4 is 0 Å². The molecule has 2 bridgehead atoms. The Morgan fingerprint density at radius 2 is 1.82 bits per heavy atom. The van der Waals surface area contributed by atoms with Gasteiger partial charge in [-0.1, -0.05) is 57.7 Å². The molecular weight excluding hydrogens is 727 g/mol. The number of Topliss-reactive ketones (excluding diaryl/α,β-unsaturated/α-hetero) is 1. The third-order valence-corrected chi connectivity index (χ3v) is 12.3. The van der Waals surface area contributed by atoms with Gasteiger partial charge in [0.1, 0.15) is 29.8 Å². The molecule has 0 amide bonds. The maximum atomic E-state index is 14.4. The summed E-state index contributed by atoms with van der Waals surface area (Å²) in [4.78, 5) is 37.2. The maximum absolute atomic E-state index is 14.4. The Bertz CT molecular complexity index is 1730. The molecule has 5 heterocycles. The number of aromatic nitrogens is 1. The molecule has 0 aliphatic carbocycles. The molecule has 13 atom stereocenters. The lowest BCUT2D eigenvalue weighted by Gasteiger charge is -2.48. The summed E-state index contributed by atoms with van der Waals surface area (Å²) >= 11 is 0. The van der Waals surface area contributed by atoms with Crippen molar-refractivity contribution in [2.45, 2.75) is 135 Å². The zero-order valence-corrected chi connectivity index (χ0v) is 35.7. The van der Waals surface area contributed by atoms with Gasteiger partial charge in [-0.25, -0.2) is 0 Å². The fourth-order valence-corrected chi connectivity index (χ4v) is 9.12. The van der Waals surface area contributed by atoms with Gasteiger partial charge < -0.3 is 38.8 Å². The molecule has 1 aromatic carbocycles. The number of hydrogen-bond acceptors (Lipinski definition) is 12. The Hall–Kier alpha value is -3.07. The Balaban J connectivity index is 1.60. The van der Waals surface area contributed by atoms with Crippen molar-refractivity contribution >= 4 is 28.7 Å². The Kier molecular flexibility index (Phi) is 14.9. The van der Waals surface area contributed by atoms with E-state index < -0.39 is 65.5 Å². The highest BCUT2D eigenvalue weighted by molar-refractivity contribution is 6.00. The van der Waals surface area contributed by atoms with Crippen LogP contribution in [-0.2, 0) is 33.3 Å². The van der Waals surface area contributed by atoms with E-state index in [4.69, 9.17) is 23.7 Å². The second kappa shape index (κ2) is 18.9. The smallest absolute Gasteiger partial charge is 0.316 e. The summed E-state index contributed by atoms with van der Waals surface area (Å²) in [5, 5.41) is 25.1. The predicted octanol–water partition coefficient (Wildman–Crippen LogP) is 5.43. The molecule has 0 spiro atoms. The number of carbonyl (C=O) groups is 2. The molecule has 4 saturated heterocycles. The minimum absolute atomic E-state index is 0.0482. The van der Waals surface area contributed by atoms with Gasteiger partial charge in [-0.05, 0) is 97.2 Å². The molecule has 0 radical (unpaired) electrons. The third-order valence-electron chi connectivity index (χ3n) is 12.3. The number of carbonyl (C=O) groups excluding carboxylic acids is 2. The number of likely N-dealkylation sites (N-methyl/N-ethyl adjacent to an activating group) is 1. The van der Waals surface area contributed by atoms with Crippen molar-refractivity contribution < 1.29 is 43.5 Å². The van der Waals surface area contributed by atoms with E-state index in [2.05, 4.69) is 35.5 Å². The molecule has 0 saturated carbocycles. The van der Waals surface area contributed by atoms with Gasteiger partial charge in [-0.3, -0.25) is 19.5 Å². The second-order valence-electron chi connectivity index (χ2n) is 17.6. The molecule has 316 valence electrons. The third kappa shape index (κ3) is 10.4. The van der Waals surface area contributed by atoms with Gasteiger partial charge in [0.25, 0.3) is 0 Å². The molecule has 4 aliphatic heterocycles. The molecule has 12 heteroatoms. The van der Waals surface area contributed by atoms with Crippen molar-refractivity contribution in [3.8, 4) is 0 Å². The highest BCUT2D eigenvalue weighted by Gasteiger charge is 2.52. The first kappa shape index (κ1) is 45.0. The molecule has 6 rings (SSSR count). The van der Waals surface area contributed by atoms with Crippen LogP contribution in [0.1, 0.15) is 80.2 Å². The lowest BCUT2D eigenvalue weighted by atomic mass is 9.78. The zero-order valence-electron chi connectivity index (χ0n) is 35.7. The standard InChI is InChI=1S/C45H67N3O9/c1-12-37-45(9,52)41-32(7)48(19-15-16-33-21-34-17-13-14-18-35(34)46-23-33)24-27(2)22-44(8,54-26-28(3)25-53-41)40(30(5)38(49)31(6)42(51)56-37)57-43-39(50)36(47(10)11)20-29(4)55-43/h13-18,21,23,27,29-32,36-37,39-41,43,50,52H,3,12,19-20,22,24-26H2,1-2,4-11H3/b16-15+/t27-,29-,30+,31?,32-,36+,37-,39-,40-,41+,43+,44-,45-/m1/s1. The van der Waals surface area contributed by atoms with Crippen molar-refractivity contribution in [3.05, 3.63) is 60.3 Å². The Morgan fingerprint density at radius 1 is 1.11 bits per heavy atom. The molecule has 4 aliphatic rings. The van der Waals surface area contributed by atoms with Crippen molar-refractivity contribution in [2.75, 3.05) is 40.4 Å². The van der Waals surface area contributed by atoms with E-state index in [1.807, 2.05) is 83.2 Å². The van der Waals surface area contributed by atoms with Gasteiger partial charge >= 0.3 is 5.97 Å². The van der Waals surface area contributed by atoms with Crippen LogP contribution in [0.2, 0.25) is 0 Å². The first-order valence-electron chi connectivity index (χ1n) is 20.7. The van der Waals surface area contributed by atoms with Crippen molar-refractivity contribution in [1.82, 2.24) is 14.8 Å². The van der Waals surface area contributed by atoms with Gasteiger partial charge in [0, 0.05) is 42.7 Å². The van der Waals surface area contributed by atoms with Crippen LogP contribution in [0.5, 0.6) is 0 Å². The lowest BCUT2D eigenvalue weighted by molar-refractivity contribution is -0.297. The molecule has 4 fully saturated rings. The summed E-state index contributed by atoms with van der Waals surface area (Å²) in [5.74, 6) is -3.26. The highest BCUT2D eigenvalue weighted by atomic mass is 16.7. The molecule has 1 unspecified atom stereocenters. The summed E-state index contributed by atoms with van der Waals surface area (Å²) in [6.45, 7) is 20.3. The fourth-order valence-electron chi connectivity index (χ4n) is 9.12. The number of ketones is 1. The summed E-state index contributed by atoms with van der Waals surface area (Å²) < 4.78 is 32.6. The summed E-state index contributed by atoms with van der Waals surface area (Å²) in [6.07, 6.45) is 2.22. The number of nitrogens with zero attached hydrogens (tertiary/aromatic N) is 3. The van der Waals surface area contributed by atoms with Crippen LogP contribution in [-0.4, -0.2) is 137 Å². The summed E-state index contributed by atoms with van der Waals surface area (Å²) in [5.41, 5.74) is -0.280. The van der Waals surface area contributed by atoms with E-state index in [0.717, 1.165) is 16.5 Å².